The summed E-state index contributed by atoms with van der Waals surface area (Å²) in [5.41, 5.74) is 1.04. The van der Waals surface area contributed by atoms with Crippen LogP contribution in [0.3, 0.4) is 0 Å². The monoisotopic (exact) mass is 250 g/mol. The Labute approximate surface area is 106 Å². The normalized spacial score (nSPS) is 10.1. The van der Waals surface area contributed by atoms with E-state index in [1.165, 1.54) is 0 Å². The molecule has 3 nitrogen and oxygen atoms in total. The van der Waals surface area contributed by atoms with Gasteiger partial charge in [-0.2, -0.15) is 5.26 Å². The van der Waals surface area contributed by atoms with E-state index >= 15 is 0 Å². The Hall–Kier alpha value is -1.53. The molecule has 0 heterocycles. The molecule has 4 heteroatoms. The molecule has 1 aromatic rings. The highest BCUT2D eigenvalue weighted by atomic mass is 35.5. The zero-order valence-electron chi connectivity index (χ0n) is 9.96. The number of carbonyl (C=O) groups excluding carboxylic acids is 1. The highest BCUT2D eigenvalue weighted by Gasteiger charge is 2.15. The minimum absolute atomic E-state index is 0.00158. The second-order valence-electron chi connectivity index (χ2n) is 3.81. The van der Waals surface area contributed by atoms with Gasteiger partial charge in [0, 0.05) is 5.92 Å². The van der Waals surface area contributed by atoms with Gasteiger partial charge in [-0.25, -0.2) is 0 Å². The van der Waals surface area contributed by atoms with Crippen molar-refractivity contribution >= 4 is 23.2 Å². The lowest BCUT2D eigenvalue weighted by atomic mass is 10.0. The summed E-state index contributed by atoms with van der Waals surface area (Å²) < 4.78 is 0. The van der Waals surface area contributed by atoms with Gasteiger partial charge >= 0.3 is 0 Å². The van der Waals surface area contributed by atoms with E-state index in [0.29, 0.717) is 16.3 Å². The average molecular weight is 251 g/mol. The van der Waals surface area contributed by atoms with E-state index in [0.717, 1.165) is 12.8 Å². The van der Waals surface area contributed by atoms with Gasteiger partial charge in [0.15, 0.2) is 0 Å². The number of rotatable bonds is 4. The van der Waals surface area contributed by atoms with Gasteiger partial charge in [0.25, 0.3) is 0 Å². The Kier molecular flexibility index (Phi) is 4.99. The molecular formula is C13H15ClN2O. The number of halogens is 1. The fourth-order valence-corrected chi connectivity index (χ4v) is 1.81. The number of hydrogen-bond donors (Lipinski definition) is 1. The highest BCUT2D eigenvalue weighted by Crippen LogP contribution is 2.24. The zero-order valence-corrected chi connectivity index (χ0v) is 10.7. The molecule has 0 saturated heterocycles. The first kappa shape index (κ1) is 13.5. The van der Waals surface area contributed by atoms with E-state index in [9.17, 15) is 4.79 Å². The van der Waals surface area contributed by atoms with Gasteiger partial charge in [-0.1, -0.05) is 25.4 Å². The molecule has 0 aliphatic heterocycles. The Morgan fingerprint density at radius 2 is 2.12 bits per heavy atom. The second kappa shape index (κ2) is 6.27. The summed E-state index contributed by atoms with van der Waals surface area (Å²) in [6.07, 6.45) is 1.60. The lowest BCUT2D eigenvalue weighted by molar-refractivity contribution is -0.120. The molecule has 0 unspecified atom stereocenters. The number of nitrogens with zero attached hydrogens (tertiary/aromatic N) is 1. The molecule has 0 aliphatic carbocycles. The molecule has 0 atom stereocenters. The summed E-state index contributed by atoms with van der Waals surface area (Å²) in [5, 5.41) is 11.9. The van der Waals surface area contributed by atoms with Crippen molar-refractivity contribution in [1.29, 1.82) is 5.26 Å². The summed E-state index contributed by atoms with van der Waals surface area (Å²) in [7, 11) is 0. The highest BCUT2D eigenvalue weighted by molar-refractivity contribution is 6.33. The largest absolute Gasteiger partial charge is 0.325 e. The molecule has 0 bridgehead atoms. The molecule has 0 spiro atoms. The standard InChI is InChI=1S/C13H15ClN2O/c1-3-10(4-2)13(17)16-12-6-5-9(8-15)7-11(12)14/h5-7,10H,3-4H2,1-2H3,(H,16,17). The summed E-state index contributed by atoms with van der Waals surface area (Å²) in [6, 6.07) is 6.83. The molecule has 0 saturated carbocycles. The summed E-state index contributed by atoms with van der Waals surface area (Å²) in [4.78, 5) is 11.8. The lowest BCUT2D eigenvalue weighted by Gasteiger charge is -2.13. The number of nitriles is 1. The molecule has 0 aliphatic rings. The van der Waals surface area contributed by atoms with Crippen molar-refractivity contribution < 1.29 is 4.79 Å². The van der Waals surface area contributed by atoms with E-state index in [1.54, 1.807) is 18.2 Å². The lowest BCUT2D eigenvalue weighted by Crippen LogP contribution is -2.21. The van der Waals surface area contributed by atoms with Crippen LogP contribution in [0.15, 0.2) is 18.2 Å². The molecule has 1 N–H and O–H groups in total. The zero-order chi connectivity index (χ0) is 12.8. The molecule has 0 aromatic heterocycles. The molecule has 90 valence electrons. The first-order chi connectivity index (χ1) is 8.12. The minimum Gasteiger partial charge on any atom is -0.325 e. The molecule has 0 fully saturated rings. The predicted octanol–water partition coefficient (Wildman–Crippen LogP) is 3.59. The molecule has 1 aromatic carbocycles. The van der Waals surface area contributed by atoms with Crippen LogP contribution in [-0.2, 0) is 4.79 Å². The molecule has 17 heavy (non-hydrogen) atoms. The van der Waals surface area contributed by atoms with E-state index < -0.39 is 0 Å². The summed E-state index contributed by atoms with van der Waals surface area (Å²) in [6.45, 7) is 3.96. The van der Waals surface area contributed by atoms with Crippen LogP contribution in [0.2, 0.25) is 5.02 Å². The van der Waals surface area contributed by atoms with Crippen LogP contribution in [0.25, 0.3) is 0 Å². The Morgan fingerprint density at radius 3 is 2.59 bits per heavy atom. The van der Waals surface area contributed by atoms with Crippen molar-refractivity contribution in [3.05, 3.63) is 28.8 Å². The first-order valence-electron chi connectivity index (χ1n) is 5.62. The van der Waals surface area contributed by atoms with Gasteiger partial charge < -0.3 is 5.32 Å². The average Bonchev–Trinajstić information content (AvgIpc) is 2.33. The van der Waals surface area contributed by atoms with Crippen LogP contribution in [0.5, 0.6) is 0 Å². The summed E-state index contributed by atoms with van der Waals surface area (Å²) in [5.74, 6) is -0.0247. The Balaban J connectivity index is 2.82. The molecule has 1 amide bonds. The molecule has 0 radical (unpaired) electrons. The van der Waals surface area contributed by atoms with Crippen LogP contribution in [-0.4, -0.2) is 5.91 Å². The van der Waals surface area contributed by atoms with E-state index in [1.807, 2.05) is 19.9 Å². The summed E-state index contributed by atoms with van der Waals surface area (Å²) >= 11 is 5.98. The number of amides is 1. The van der Waals surface area contributed by atoms with E-state index in [2.05, 4.69) is 5.32 Å². The van der Waals surface area contributed by atoms with Gasteiger partial charge in [0.1, 0.15) is 0 Å². The van der Waals surface area contributed by atoms with Crippen molar-refractivity contribution in [2.24, 2.45) is 5.92 Å². The van der Waals surface area contributed by atoms with Crippen molar-refractivity contribution in [2.45, 2.75) is 26.7 Å². The number of anilines is 1. The maximum absolute atomic E-state index is 11.8. The number of carbonyl (C=O) groups is 1. The van der Waals surface area contributed by atoms with Gasteiger partial charge in [0.2, 0.25) is 5.91 Å². The van der Waals surface area contributed by atoms with Crippen molar-refractivity contribution in [1.82, 2.24) is 0 Å². The van der Waals surface area contributed by atoms with Crippen LogP contribution in [0.4, 0.5) is 5.69 Å². The smallest absolute Gasteiger partial charge is 0.227 e. The topological polar surface area (TPSA) is 52.9 Å². The van der Waals surface area contributed by atoms with E-state index in [-0.39, 0.29) is 11.8 Å². The van der Waals surface area contributed by atoms with Crippen molar-refractivity contribution in [3.8, 4) is 6.07 Å². The van der Waals surface area contributed by atoms with Gasteiger partial charge in [-0.05, 0) is 31.0 Å². The Bertz CT molecular complexity index is 447. The predicted molar refractivity (Wildman–Crippen MR) is 68.9 cm³/mol. The quantitative estimate of drug-likeness (QED) is 0.888. The number of nitrogens with one attached hydrogen (secondary N) is 1. The maximum atomic E-state index is 11.8. The van der Waals surface area contributed by atoms with Crippen LogP contribution < -0.4 is 5.32 Å². The number of benzene rings is 1. The fourth-order valence-electron chi connectivity index (χ4n) is 1.58. The van der Waals surface area contributed by atoms with Gasteiger partial charge in [-0.15, -0.1) is 0 Å². The molecular weight excluding hydrogens is 236 g/mol. The van der Waals surface area contributed by atoms with Crippen LogP contribution >= 0.6 is 11.6 Å². The third-order valence-corrected chi connectivity index (χ3v) is 3.03. The first-order valence-corrected chi connectivity index (χ1v) is 6.00. The maximum Gasteiger partial charge on any atom is 0.227 e. The number of hydrogen-bond acceptors (Lipinski definition) is 2. The second-order valence-corrected chi connectivity index (χ2v) is 4.22. The van der Waals surface area contributed by atoms with Crippen LogP contribution in [0.1, 0.15) is 32.3 Å². The Morgan fingerprint density at radius 1 is 1.47 bits per heavy atom. The molecule has 1 rings (SSSR count). The van der Waals surface area contributed by atoms with E-state index in [4.69, 9.17) is 16.9 Å². The van der Waals surface area contributed by atoms with Gasteiger partial charge in [-0.3, -0.25) is 4.79 Å². The van der Waals surface area contributed by atoms with Crippen molar-refractivity contribution in [3.63, 3.8) is 0 Å². The third-order valence-electron chi connectivity index (χ3n) is 2.71. The van der Waals surface area contributed by atoms with Crippen LogP contribution in [0, 0.1) is 17.2 Å². The SMILES string of the molecule is CCC(CC)C(=O)Nc1ccc(C#N)cc1Cl. The van der Waals surface area contributed by atoms with Gasteiger partial charge in [0.05, 0.1) is 22.3 Å². The van der Waals surface area contributed by atoms with Crippen molar-refractivity contribution in [2.75, 3.05) is 5.32 Å². The fraction of sp³-hybridized carbons (Fsp3) is 0.385. The minimum atomic E-state index is -0.0263. The third kappa shape index (κ3) is 3.47.